The molecule has 23 heavy (non-hydrogen) atoms. The molecule has 0 aliphatic carbocycles. The summed E-state index contributed by atoms with van der Waals surface area (Å²) >= 11 is 0. The third-order valence-corrected chi connectivity index (χ3v) is 6.52. The van der Waals surface area contributed by atoms with E-state index >= 15 is 0 Å². The minimum atomic E-state index is -3.65. The average molecular weight is 339 g/mol. The number of hydrogen-bond acceptors (Lipinski definition) is 5. The highest BCUT2D eigenvalue weighted by molar-refractivity contribution is 7.89. The van der Waals surface area contributed by atoms with Crippen molar-refractivity contribution in [1.29, 1.82) is 0 Å². The third kappa shape index (κ3) is 2.60. The molecule has 0 bridgehead atoms. The summed E-state index contributed by atoms with van der Waals surface area (Å²) in [7, 11) is -2.06. The van der Waals surface area contributed by atoms with E-state index in [1.807, 2.05) is 13.8 Å². The number of fused-ring (bicyclic) bond motifs is 1. The van der Waals surface area contributed by atoms with Gasteiger partial charge in [-0.05, 0) is 24.0 Å². The van der Waals surface area contributed by atoms with Crippen LogP contribution in [0.5, 0.6) is 0 Å². The maximum absolute atomic E-state index is 12.9. The second-order valence-corrected chi connectivity index (χ2v) is 8.72. The summed E-state index contributed by atoms with van der Waals surface area (Å²) in [4.78, 5) is 11.7. The first-order valence-electron chi connectivity index (χ1n) is 7.48. The largest absolute Gasteiger partial charge is 0.419 e. The molecule has 8 heteroatoms. The standard InChI is InChI=1S/C15H21N3O4S/c1-15(2)9-18(7-6-13(15)16)23(20,21)10-4-5-11-12(8-10)22-14(19)17(11)3/h4-5,8,13H,6-7,9,16H2,1-3H3. The molecule has 0 radical (unpaired) electrons. The van der Waals surface area contributed by atoms with E-state index < -0.39 is 15.8 Å². The molecule has 2 heterocycles. The summed E-state index contributed by atoms with van der Waals surface area (Å²) in [5.74, 6) is -0.514. The molecule has 1 aromatic carbocycles. The molecule has 1 aromatic heterocycles. The lowest BCUT2D eigenvalue weighted by molar-refractivity contribution is 0.155. The van der Waals surface area contributed by atoms with Gasteiger partial charge in [-0.15, -0.1) is 0 Å². The maximum atomic E-state index is 12.9. The molecule has 1 saturated heterocycles. The van der Waals surface area contributed by atoms with E-state index in [1.165, 1.54) is 21.0 Å². The van der Waals surface area contributed by atoms with Gasteiger partial charge in [-0.1, -0.05) is 13.8 Å². The van der Waals surface area contributed by atoms with Gasteiger partial charge in [-0.25, -0.2) is 13.2 Å². The van der Waals surface area contributed by atoms with Gasteiger partial charge in [0.2, 0.25) is 10.0 Å². The fourth-order valence-corrected chi connectivity index (χ4v) is 4.60. The highest BCUT2D eigenvalue weighted by atomic mass is 32.2. The Morgan fingerprint density at radius 1 is 1.35 bits per heavy atom. The Morgan fingerprint density at radius 3 is 2.70 bits per heavy atom. The van der Waals surface area contributed by atoms with E-state index in [1.54, 1.807) is 13.1 Å². The zero-order chi connectivity index (χ0) is 17.0. The highest BCUT2D eigenvalue weighted by Gasteiger charge is 2.38. The molecule has 1 fully saturated rings. The predicted octanol–water partition coefficient (Wildman–Crippen LogP) is 0.879. The second-order valence-electron chi connectivity index (χ2n) is 6.78. The number of aromatic nitrogens is 1. The van der Waals surface area contributed by atoms with Gasteiger partial charge >= 0.3 is 5.76 Å². The Morgan fingerprint density at radius 2 is 2.04 bits per heavy atom. The van der Waals surface area contributed by atoms with E-state index in [4.69, 9.17) is 10.2 Å². The van der Waals surface area contributed by atoms with Crippen LogP contribution in [0.25, 0.3) is 11.1 Å². The van der Waals surface area contributed by atoms with E-state index in [0.29, 0.717) is 25.0 Å². The highest BCUT2D eigenvalue weighted by Crippen LogP contribution is 2.31. The van der Waals surface area contributed by atoms with Crippen LogP contribution in [0.1, 0.15) is 20.3 Å². The summed E-state index contributed by atoms with van der Waals surface area (Å²) < 4.78 is 33.6. The van der Waals surface area contributed by atoms with Gasteiger partial charge in [0, 0.05) is 32.2 Å². The lowest BCUT2D eigenvalue weighted by Gasteiger charge is -2.41. The number of rotatable bonds is 2. The van der Waals surface area contributed by atoms with Crippen LogP contribution in [0.15, 0.2) is 32.3 Å². The number of benzene rings is 1. The lowest BCUT2D eigenvalue weighted by atomic mass is 9.81. The second kappa shape index (κ2) is 5.19. The van der Waals surface area contributed by atoms with Crippen LogP contribution in [-0.4, -0.2) is 36.4 Å². The summed E-state index contributed by atoms with van der Waals surface area (Å²) in [6.07, 6.45) is 0.620. The number of aryl methyl sites for hydroxylation is 1. The Kier molecular flexibility index (Phi) is 3.66. The average Bonchev–Trinajstić information content (AvgIpc) is 2.76. The van der Waals surface area contributed by atoms with E-state index in [9.17, 15) is 13.2 Å². The Balaban J connectivity index is 2.01. The van der Waals surface area contributed by atoms with Crippen molar-refractivity contribution in [3.8, 4) is 0 Å². The van der Waals surface area contributed by atoms with E-state index in [2.05, 4.69) is 0 Å². The summed E-state index contributed by atoms with van der Waals surface area (Å²) in [5, 5.41) is 0. The topological polar surface area (TPSA) is 98.5 Å². The van der Waals surface area contributed by atoms with Crippen LogP contribution in [0.2, 0.25) is 0 Å². The van der Waals surface area contributed by atoms with Crippen molar-refractivity contribution in [1.82, 2.24) is 8.87 Å². The fourth-order valence-electron chi connectivity index (χ4n) is 2.95. The van der Waals surface area contributed by atoms with E-state index in [0.717, 1.165) is 0 Å². The molecule has 1 atom stereocenters. The Hall–Kier alpha value is -1.64. The molecule has 1 aliphatic rings. The zero-order valence-corrected chi connectivity index (χ0v) is 14.3. The van der Waals surface area contributed by atoms with Gasteiger partial charge in [0.1, 0.15) is 0 Å². The molecule has 1 aliphatic heterocycles. The summed E-state index contributed by atoms with van der Waals surface area (Å²) in [5.41, 5.74) is 6.63. The van der Waals surface area contributed by atoms with Crippen LogP contribution in [-0.2, 0) is 17.1 Å². The molecule has 0 amide bonds. The van der Waals surface area contributed by atoms with Crippen molar-refractivity contribution in [3.05, 3.63) is 28.7 Å². The van der Waals surface area contributed by atoms with Crippen molar-refractivity contribution in [2.45, 2.75) is 31.2 Å². The van der Waals surface area contributed by atoms with Crippen molar-refractivity contribution in [2.75, 3.05) is 13.1 Å². The molecule has 0 saturated carbocycles. The Labute approximate surface area is 134 Å². The molecule has 0 spiro atoms. The van der Waals surface area contributed by atoms with Crippen molar-refractivity contribution < 1.29 is 12.8 Å². The van der Waals surface area contributed by atoms with Crippen LogP contribution in [0.3, 0.4) is 0 Å². The molecule has 2 aromatic rings. The van der Waals surface area contributed by atoms with Crippen molar-refractivity contribution in [2.24, 2.45) is 18.2 Å². The molecule has 126 valence electrons. The van der Waals surface area contributed by atoms with Gasteiger partial charge in [-0.3, -0.25) is 4.57 Å². The molecule has 3 rings (SSSR count). The van der Waals surface area contributed by atoms with Crippen LogP contribution in [0, 0.1) is 5.41 Å². The minimum absolute atomic E-state index is 0.0245. The van der Waals surface area contributed by atoms with Crippen LogP contribution < -0.4 is 11.5 Å². The fraction of sp³-hybridized carbons (Fsp3) is 0.533. The zero-order valence-electron chi connectivity index (χ0n) is 13.4. The first kappa shape index (κ1) is 16.2. The van der Waals surface area contributed by atoms with Crippen LogP contribution in [0.4, 0.5) is 0 Å². The van der Waals surface area contributed by atoms with E-state index in [-0.39, 0.29) is 21.9 Å². The smallest absolute Gasteiger partial charge is 0.408 e. The SMILES string of the molecule is Cn1c(=O)oc2cc(S(=O)(=O)N3CCC(N)C(C)(C)C3)ccc21. The van der Waals surface area contributed by atoms with Gasteiger partial charge in [0.25, 0.3) is 0 Å². The van der Waals surface area contributed by atoms with Crippen molar-refractivity contribution >= 4 is 21.1 Å². The first-order chi connectivity index (χ1) is 10.6. The monoisotopic (exact) mass is 339 g/mol. The quantitative estimate of drug-likeness (QED) is 0.876. The Bertz CT molecular complexity index is 910. The maximum Gasteiger partial charge on any atom is 0.419 e. The summed E-state index contributed by atoms with van der Waals surface area (Å²) in [6, 6.07) is 4.49. The van der Waals surface area contributed by atoms with Gasteiger partial charge < -0.3 is 10.2 Å². The first-order valence-corrected chi connectivity index (χ1v) is 8.92. The van der Waals surface area contributed by atoms with Gasteiger partial charge in [0.05, 0.1) is 10.4 Å². The molecular weight excluding hydrogens is 318 g/mol. The molecule has 2 N–H and O–H groups in total. The van der Waals surface area contributed by atoms with Crippen molar-refractivity contribution in [3.63, 3.8) is 0 Å². The minimum Gasteiger partial charge on any atom is -0.408 e. The van der Waals surface area contributed by atoms with Gasteiger partial charge in [0.15, 0.2) is 5.58 Å². The normalized spacial score (nSPS) is 22.5. The summed E-state index contributed by atoms with van der Waals surface area (Å²) in [6.45, 7) is 4.70. The lowest BCUT2D eigenvalue weighted by Crippen LogP contribution is -2.53. The van der Waals surface area contributed by atoms with Gasteiger partial charge in [-0.2, -0.15) is 4.31 Å². The number of piperidine rings is 1. The number of nitrogens with two attached hydrogens (primary N) is 1. The third-order valence-electron chi connectivity index (χ3n) is 4.68. The molecular formula is C15H21N3O4S. The molecule has 7 nitrogen and oxygen atoms in total. The predicted molar refractivity (Wildman–Crippen MR) is 86.6 cm³/mol. The number of oxazole rings is 1. The number of nitrogens with zero attached hydrogens (tertiary/aromatic N) is 2. The number of hydrogen-bond donors (Lipinski definition) is 1. The van der Waals surface area contributed by atoms with Crippen LogP contribution >= 0.6 is 0 Å². The molecule has 1 unspecified atom stereocenters. The number of sulfonamides is 1.